The Hall–Kier alpha value is -2.63. The molecule has 0 spiro atoms. The van der Waals surface area contributed by atoms with Crippen molar-refractivity contribution in [1.82, 2.24) is 4.90 Å². The lowest BCUT2D eigenvalue weighted by Gasteiger charge is -2.30. The molecule has 1 amide bonds. The molecule has 43 heavy (non-hydrogen) atoms. The predicted molar refractivity (Wildman–Crippen MR) is 171 cm³/mol. The van der Waals surface area contributed by atoms with Crippen LogP contribution in [-0.4, -0.2) is 79.3 Å². The Bertz CT molecular complexity index is 1210. The van der Waals surface area contributed by atoms with Gasteiger partial charge in [-0.2, -0.15) is 0 Å². The molecule has 10 heteroatoms. The van der Waals surface area contributed by atoms with Gasteiger partial charge in [0.05, 0.1) is 26.4 Å². The molecule has 2 aromatic carbocycles. The number of rotatable bonds is 11. The molecule has 3 unspecified atom stereocenters. The van der Waals surface area contributed by atoms with Gasteiger partial charge in [0.2, 0.25) is 5.91 Å². The number of amides is 1. The fraction of sp³-hybridized carbons (Fsp3) is 0.576. The van der Waals surface area contributed by atoms with Crippen molar-refractivity contribution in [3.63, 3.8) is 0 Å². The molecule has 5 rings (SSSR count). The summed E-state index contributed by atoms with van der Waals surface area (Å²) in [6, 6.07) is 15.1. The number of likely N-dealkylation sites (tertiary alicyclic amines) is 1. The lowest BCUT2D eigenvalue weighted by atomic mass is 9.91. The number of carbonyl (C=O) groups excluding carboxylic acids is 1. The third kappa shape index (κ3) is 9.18. The summed E-state index contributed by atoms with van der Waals surface area (Å²) in [5.41, 5.74) is 10.6. The number of ether oxygens (including phenoxy) is 3. The number of nitrogens with two attached hydrogens (primary N) is 1. The summed E-state index contributed by atoms with van der Waals surface area (Å²) >= 11 is 0.796. The van der Waals surface area contributed by atoms with Gasteiger partial charge in [0.1, 0.15) is 5.75 Å². The molecule has 3 atom stereocenters. The fourth-order valence-corrected chi connectivity index (χ4v) is 6.19. The van der Waals surface area contributed by atoms with Crippen LogP contribution in [0.15, 0.2) is 42.5 Å². The summed E-state index contributed by atoms with van der Waals surface area (Å²) in [5.74, 6) is 1.83. The quantitative estimate of drug-likeness (QED) is 0.339. The van der Waals surface area contributed by atoms with Crippen molar-refractivity contribution in [2.75, 3.05) is 50.6 Å². The minimum absolute atomic E-state index is 0.149. The van der Waals surface area contributed by atoms with Gasteiger partial charge in [-0.05, 0) is 78.1 Å². The number of benzene rings is 2. The van der Waals surface area contributed by atoms with Gasteiger partial charge < -0.3 is 30.0 Å². The van der Waals surface area contributed by atoms with E-state index in [0.717, 1.165) is 80.6 Å². The zero-order chi connectivity index (χ0) is 30.8. The van der Waals surface area contributed by atoms with E-state index in [1.807, 2.05) is 23.1 Å². The summed E-state index contributed by atoms with van der Waals surface area (Å²) in [7, 11) is 0. The Morgan fingerprint density at radius 3 is 2.63 bits per heavy atom. The summed E-state index contributed by atoms with van der Waals surface area (Å²) < 4.78 is 17.4. The summed E-state index contributed by atoms with van der Waals surface area (Å²) in [4.78, 5) is 27.6. The Balaban J connectivity index is 0.000000782. The summed E-state index contributed by atoms with van der Waals surface area (Å²) in [5, 5.41) is 6.86. The normalized spacial score (nSPS) is 20.7. The number of carboxylic acid groups (broad SMARTS) is 1. The second-order valence-electron chi connectivity index (χ2n) is 11.5. The first kappa shape index (κ1) is 33.3. The maximum atomic E-state index is 13.9. The minimum Gasteiger partial charge on any atom is -0.493 e. The number of hydrogen-bond acceptors (Lipinski definition) is 8. The molecule has 0 radical (unpaired) electrons. The summed E-state index contributed by atoms with van der Waals surface area (Å²) in [6.45, 7) is 8.93. The molecule has 3 aliphatic rings. The minimum atomic E-state index is -0.829. The van der Waals surface area contributed by atoms with E-state index in [9.17, 15) is 9.59 Å². The molecule has 2 aromatic rings. The summed E-state index contributed by atoms with van der Waals surface area (Å²) in [6.07, 6.45) is 6.32. The van der Waals surface area contributed by atoms with Gasteiger partial charge in [-0.1, -0.05) is 44.5 Å². The Morgan fingerprint density at radius 2 is 1.93 bits per heavy atom. The van der Waals surface area contributed by atoms with Crippen molar-refractivity contribution in [2.24, 2.45) is 11.7 Å². The Morgan fingerprint density at radius 1 is 1.16 bits per heavy atom. The van der Waals surface area contributed by atoms with Crippen molar-refractivity contribution in [1.29, 1.82) is 0 Å². The molecule has 0 bridgehead atoms. The SMILES string of the molecule is CCCCN(C(=O)CN1CC(c2ccc3c(c2)CCO3)CC1CC(C)C1OCCO1)c1cccc(CN)c1.CSC(=O)O. The van der Waals surface area contributed by atoms with E-state index >= 15 is 0 Å². The van der Waals surface area contributed by atoms with E-state index in [0.29, 0.717) is 38.3 Å². The molecule has 3 heterocycles. The molecule has 2 saturated heterocycles. The highest BCUT2D eigenvalue weighted by Gasteiger charge is 2.38. The van der Waals surface area contributed by atoms with Crippen LogP contribution in [0.3, 0.4) is 0 Å². The molecular weight excluding hydrogens is 566 g/mol. The van der Waals surface area contributed by atoms with E-state index in [2.05, 4.69) is 43.0 Å². The van der Waals surface area contributed by atoms with Crippen molar-refractivity contribution >= 4 is 28.7 Å². The molecule has 3 N–H and O–H groups in total. The average molecular weight is 614 g/mol. The lowest BCUT2D eigenvalue weighted by Crippen LogP contribution is -2.43. The zero-order valence-corrected chi connectivity index (χ0v) is 26.5. The average Bonchev–Trinajstić information content (AvgIpc) is 3.79. The van der Waals surface area contributed by atoms with Gasteiger partial charge in [0, 0.05) is 43.7 Å². The molecule has 2 fully saturated rings. The second-order valence-corrected chi connectivity index (χ2v) is 12.3. The van der Waals surface area contributed by atoms with Crippen LogP contribution in [0.2, 0.25) is 0 Å². The number of hydrogen-bond donors (Lipinski definition) is 2. The van der Waals surface area contributed by atoms with Crippen molar-refractivity contribution < 1.29 is 28.9 Å². The standard InChI is InChI=1S/C31H43N3O4.C2H4O2S/c1-3-4-11-34(27-7-5-6-23(16-27)19-32)30(35)21-33-20-26(24-8-9-29-25(17-24)10-12-36-29)18-28(33)15-22(2)31-37-13-14-38-31;1-5-2(3)4/h5-9,16-17,22,26,28,31H,3-4,10-15,18-21,32H2,1-2H3;1H3,(H,3,4). The number of anilines is 1. The smallest absolute Gasteiger partial charge is 0.364 e. The van der Waals surface area contributed by atoms with Crippen molar-refractivity contribution in [3.8, 4) is 5.75 Å². The first-order chi connectivity index (χ1) is 20.8. The highest BCUT2D eigenvalue weighted by molar-refractivity contribution is 8.12. The maximum absolute atomic E-state index is 13.9. The van der Waals surface area contributed by atoms with Crippen LogP contribution in [-0.2, 0) is 27.2 Å². The molecule has 9 nitrogen and oxygen atoms in total. The van der Waals surface area contributed by atoms with Gasteiger partial charge in [0.15, 0.2) is 6.29 Å². The molecule has 236 valence electrons. The van der Waals surface area contributed by atoms with Crippen LogP contribution in [0, 0.1) is 5.92 Å². The predicted octanol–water partition coefficient (Wildman–Crippen LogP) is 5.50. The van der Waals surface area contributed by atoms with E-state index in [1.54, 1.807) is 0 Å². The number of unbranched alkanes of at least 4 members (excludes halogenated alkanes) is 1. The van der Waals surface area contributed by atoms with E-state index in [-0.39, 0.29) is 18.1 Å². The Kier molecular flexibility index (Phi) is 12.7. The topological polar surface area (TPSA) is 115 Å². The number of thioether (sulfide) groups is 1. The number of carbonyl (C=O) groups is 2. The number of nitrogens with zero attached hydrogens (tertiary/aromatic N) is 2. The molecule has 0 aliphatic carbocycles. The van der Waals surface area contributed by atoms with Crippen LogP contribution in [0.5, 0.6) is 5.75 Å². The van der Waals surface area contributed by atoms with E-state index < -0.39 is 5.30 Å². The Labute approximate surface area is 260 Å². The molecule has 0 aromatic heterocycles. The van der Waals surface area contributed by atoms with E-state index in [1.165, 1.54) is 17.4 Å². The molecule has 0 saturated carbocycles. The van der Waals surface area contributed by atoms with Gasteiger partial charge in [0.25, 0.3) is 0 Å². The van der Waals surface area contributed by atoms with Crippen LogP contribution in [0.4, 0.5) is 10.5 Å². The second kappa shape index (κ2) is 16.4. The zero-order valence-electron chi connectivity index (χ0n) is 25.7. The lowest BCUT2D eigenvalue weighted by molar-refractivity contribution is -0.120. The van der Waals surface area contributed by atoms with Crippen molar-refractivity contribution in [3.05, 3.63) is 59.2 Å². The van der Waals surface area contributed by atoms with Crippen molar-refractivity contribution in [2.45, 2.75) is 70.7 Å². The van der Waals surface area contributed by atoms with Crippen LogP contribution in [0.25, 0.3) is 0 Å². The third-order valence-corrected chi connectivity index (χ3v) is 8.83. The number of fused-ring (bicyclic) bond motifs is 1. The third-order valence-electron chi connectivity index (χ3n) is 8.48. The monoisotopic (exact) mass is 613 g/mol. The highest BCUT2D eigenvalue weighted by atomic mass is 32.2. The van der Waals surface area contributed by atoms with E-state index in [4.69, 9.17) is 25.1 Å². The van der Waals surface area contributed by atoms with Crippen LogP contribution in [0.1, 0.15) is 62.1 Å². The van der Waals surface area contributed by atoms with Gasteiger partial charge in [-0.15, -0.1) is 0 Å². The fourth-order valence-electron chi connectivity index (χ4n) is 6.19. The van der Waals surface area contributed by atoms with Crippen LogP contribution >= 0.6 is 11.8 Å². The van der Waals surface area contributed by atoms with Gasteiger partial charge >= 0.3 is 5.30 Å². The first-order valence-corrected chi connectivity index (χ1v) is 16.6. The molecule has 3 aliphatic heterocycles. The largest absolute Gasteiger partial charge is 0.493 e. The maximum Gasteiger partial charge on any atom is 0.364 e. The first-order valence-electron chi connectivity index (χ1n) is 15.4. The highest BCUT2D eigenvalue weighted by Crippen LogP contribution is 2.38. The molecular formula is C33H47N3O6S. The van der Waals surface area contributed by atoms with Gasteiger partial charge in [-0.25, -0.2) is 4.79 Å². The van der Waals surface area contributed by atoms with Crippen LogP contribution < -0.4 is 15.4 Å². The van der Waals surface area contributed by atoms with Gasteiger partial charge in [-0.3, -0.25) is 9.69 Å².